The Kier molecular flexibility index (Phi) is 4.12. The first-order valence-corrected chi connectivity index (χ1v) is 7.41. The number of aryl methyl sites for hydroxylation is 1. The number of nitrogens with one attached hydrogen (secondary N) is 2. The molecule has 8 heteroatoms. The maximum atomic E-state index is 12.2. The number of nitrogens with zero attached hydrogens (tertiary/aromatic N) is 4. The molecular weight excluding hydrogens is 316 g/mol. The number of benzene rings is 1. The molecule has 0 aliphatic carbocycles. The standard InChI is InChI=1S/C15H15ClN6O/c1-9-7-13(22-14(19-9)17-8-18-22)21-15(23)20-10(2)11-3-5-12(16)6-4-11/h3-8,10H,1-2H3,(H2,20,21,23)/t10-/m1/s1. The van der Waals surface area contributed by atoms with Gasteiger partial charge in [0.05, 0.1) is 6.04 Å². The average molecular weight is 331 g/mol. The number of urea groups is 1. The van der Waals surface area contributed by atoms with E-state index in [9.17, 15) is 4.79 Å². The van der Waals surface area contributed by atoms with Crippen LogP contribution in [0.15, 0.2) is 36.7 Å². The molecule has 2 amide bonds. The fraction of sp³-hybridized carbons (Fsp3) is 0.200. The van der Waals surface area contributed by atoms with Gasteiger partial charge in [-0.3, -0.25) is 5.32 Å². The zero-order valence-corrected chi connectivity index (χ0v) is 13.4. The number of aromatic nitrogens is 4. The van der Waals surface area contributed by atoms with Crippen LogP contribution in [0.3, 0.4) is 0 Å². The van der Waals surface area contributed by atoms with E-state index < -0.39 is 0 Å². The van der Waals surface area contributed by atoms with E-state index in [4.69, 9.17) is 11.6 Å². The van der Waals surface area contributed by atoms with Crippen molar-refractivity contribution in [3.8, 4) is 0 Å². The second kappa shape index (κ2) is 6.21. The predicted octanol–water partition coefficient (Wildman–Crippen LogP) is 2.97. The van der Waals surface area contributed by atoms with Crippen LogP contribution in [0, 0.1) is 6.92 Å². The van der Waals surface area contributed by atoms with Crippen LogP contribution < -0.4 is 10.6 Å². The highest BCUT2D eigenvalue weighted by Gasteiger charge is 2.12. The van der Waals surface area contributed by atoms with Crippen molar-refractivity contribution in [3.05, 3.63) is 52.9 Å². The van der Waals surface area contributed by atoms with Gasteiger partial charge in [-0.05, 0) is 31.5 Å². The topological polar surface area (TPSA) is 84.2 Å². The molecule has 2 N–H and O–H groups in total. The van der Waals surface area contributed by atoms with Gasteiger partial charge in [0.25, 0.3) is 5.78 Å². The van der Waals surface area contributed by atoms with E-state index in [1.165, 1.54) is 10.8 Å². The number of hydrogen-bond acceptors (Lipinski definition) is 4. The molecule has 1 atom stereocenters. The molecule has 0 saturated heterocycles. The molecular formula is C15H15ClN6O. The zero-order valence-electron chi connectivity index (χ0n) is 12.6. The molecule has 0 spiro atoms. The number of amides is 2. The summed E-state index contributed by atoms with van der Waals surface area (Å²) in [5.41, 5.74) is 1.70. The number of halogens is 1. The van der Waals surface area contributed by atoms with Crippen LogP contribution in [0.4, 0.5) is 10.6 Å². The van der Waals surface area contributed by atoms with Gasteiger partial charge in [-0.15, -0.1) is 0 Å². The van der Waals surface area contributed by atoms with Crippen LogP contribution in [0.25, 0.3) is 5.78 Å². The molecule has 0 bridgehead atoms. The lowest BCUT2D eigenvalue weighted by Gasteiger charge is -2.15. The van der Waals surface area contributed by atoms with Gasteiger partial charge in [0.1, 0.15) is 12.1 Å². The van der Waals surface area contributed by atoms with Gasteiger partial charge in [0.15, 0.2) is 0 Å². The largest absolute Gasteiger partial charge is 0.331 e. The molecule has 0 radical (unpaired) electrons. The molecule has 1 aromatic carbocycles. The normalized spacial score (nSPS) is 12.1. The van der Waals surface area contributed by atoms with E-state index in [1.54, 1.807) is 18.2 Å². The van der Waals surface area contributed by atoms with Gasteiger partial charge in [-0.25, -0.2) is 9.78 Å². The van der Waals surface area contributed by atoms with E-state index in [-0.39, 0.29) is 12.1 Å². The maximum absolute atomic E-state index is 12.2. The predicted molar refractivity (Wildman–Crippen MR) is 87.5 cm³/mol. The number of carbonyl (C=O) groups excluding carboxylic acids is 1. The highest BCUT2D eigenvalue weighted by Crippen LogP contribution is 2.16. The summed E-state index contributed by atoms with van der Waals surface area (Å²) in [5.74, 6) is 0.942. The Bertz CT molecular complexity index is 845. The third-order valence-corrected chi connectivity index (χ3v) is 3.59. The van der Waals surface area contributed by atoms with Gasteiger partial charge in [-0.1, -0.05) is 23.7 Å². The van der Waals surface area contributed by atoms with Crippen molar-refractivity contribution in [1.29, 1.82) is 0 Å². The molecule has 3 aromatic rings. The summed E-state index contributed by atoms with van der Waals surface area (Å²) in [6.45, 7) is 3.72. The van der Waals surface area contributed by atoms with E-state index >= 15 is 0 Å². The fourth-order valence-corrected chi connectivity index (χ4v) is 2.33. The van der Waals surface area contributed by atoms with Crippen molar-refractivity contribution < 1.29 is 4.79 Å². The summed E-state index contributed by atoms with van der Waals surface area (Å²) in [4.78, 5) is 20.5. The second-order valence-corrected chi connectivity index (χ2v) is 5.56. The Morgan fingerprint density at radius 1 is 1.30 bits per heavy atom. The SMILES string of the molecule is Cc1cc(NC(=O)N[C@H](C)c2ccc(Cl)cc2)n2ncnc2n1. The van der Waals surface area contributed by atoms with Crippen LogP contribution in [0.2, 0.25) is 5.02 Å². The Morgan fingerprint density at radius 2 is 2.04 bits per heavy atom. The van der Waals surface area contributed by atoms with E-state index in [0.29, 0.717) is 16.6 Å². The quantitative estimate of drug-likeness (QED) is 0.773. The van der Waals surface area contributed by atoms with Gasteiger partial charge < -0.3 is 5.32 Å². The van der Waals surface area contributed by atoms with Crippen molar-refractivity contribution in [2.75, 3.05) is 5.32 Å². The van der Waals surface area contributed by atoms with Gasteiger partial charge in [0.2, 0.25) is 0 Å². The molecule has 0 aliphatic rings. The van der Waals surface area contributed by atoms with Crippen LogP contribution in [0.5, 0.6) is 0 Å². The number of carbonyl (C=O) groups is 1. The highest BCUT2D eigenvalue weighted by atomic mass is 35.5. The average Bonchev–Trinajstić information content (AvgIpc) is 2.96. The van der Waals surface area contributed by atoms with Crippen molar-refractivity contribution in [3.63, 3.8) is 0 Å². The summed E-state index contributed by atoms with van der Waals surface area (Å²) in [6.07, 6.45) is 1.39. The number of rotatable bonds is 3. The van der Waals surface area contributed by atoms with E-state index in [2.05, 4.69) is 25.7 Å². The zero-order chi connectivity index (χ0) is 16.4. The third-order valence-electron chi connectivity index (χ3n) is 3.34. The molecule has 2 aromatic heterocycles. The van der Waals surface area contributed by atoms with Gasteiger partial charge in [-0.2, -0.15) is 14.6 Å². The smallest absolute Gasteiger partial charge is 0.320 e. The maximum Gasteiger partial charge on any atom is 0.320 e. The number of fused-ring (bicyclic) bond motifs is 1. The molecule has 0 aliphatic heterocycles. The van der Waals surface area contributed by atoms with Crippen molar-refractivity contribution in [2.24, 2.45) is 0 Å². The minimum Gasteiger partial charge on any atom is -0.331 e. The summed E-state index contributed by atoms with van der Waals surface area (Å²) in [6, 6.07) is 8.56. The molecule has 0 fully saturated rings. The Morgan fingerprint density at radius 3 is 2.78 bits per heavy atom. The molecule has 2 heterocycles. The lowest BCUT2D eigenvalue weighted by Crippen LogP contribution is -2.32. The van der Waals surface area contributed by atoms with Crippen molar-refractivity contribution in [2.45, 2.75) is 19.9 Å². The minimum absolute atomic E-state index is 0.165. The van der Waals surface area contributed by atoms with E-state index in [0.717, 1.165) is 11.3 Å². The summed E-state index contributed by atoms with van der Waals surface area (Å²) < 4.78 is 1.47. The molecule has 0 unspecified atom stereocenters. The Hall–Kier alpha value is -2.67. The molecule has 118 valence electrons. The Labute approximate surface area is 137 Å². The first-order valence-electron chi connectivity index (χ1n) is 7.03. The molecule has 3 rings (SSSR count). The lowest BCUT2D eigenvalue weighted by molar-refractivity contribution is 0.249. The molecule has 23 heavy (non-hydrogen) atoms. The fourth-order valence-electron chi connectivity index (χ4n) is 2.20. The number of hydrogen-bond donors (Lipinski definition) is 2. The van der Waals surface area contributed by atoms with Crippen molar-refractivity contribution >= 4 is 29.2 Å². The third kappa shape index (κ3) is 3.40. The Balaban J connectivity index is 1.73. The summed E-state index contributed by atoms with van der Waals surface area (Å²) in [7, 11) is 0. The lowest BCUT2D eigenvalue weighted by atomic mass is 10.1. The molecule has 7 nitrogen and oxygen atoms in total. The van der Waals surface area contributed by atoms with Crippen molar-refractivity contribution in [1.82, 2.24) is 24.9 Å². The van der Waals surface area contributed by atoms with Crippen LogP contribution in [-0.2, 0) is 0 Å². The van der Waals surface area contributed by atoms with Crippen LogP contribution in [0.1, 0.15) is 24.2 Å². The second-order valence-electron chi connectivity index (χ2n) is 5.13. The van der Waals surface area contributed by atoms with E-state index in [1.807, 2.05) is 26.0 Å². The van der Waals surface area contributed by atoms with Crippen LogP contribution >= 0.6 is 11.6 Å². The first-order chi connectivity index (χ1) is 11.0. The minimum atomic E-state index is -0.338. The van der Waals surface area contributed by atoms with Gasteiger partial charge in [0, 0.05) is 16.8 Å². The first kappa shape index (κ1) is 15.2. The summed E-state index contributed by atoms with van der Waals surface area (Å²) >= 11 is 5.87. The highest BCUT2D eigenvalue weighted by molar-refractivity contribution is 6.30. The molecule has 0 saturated carbocycles. The number of anilines is 1. The monoisotopic (exact) mass is 330 g/mol. The van der Waals surface area contributed by atoms with Crippen LogP contribution in [-0.4, -0.2) is 25.6 Å². The van der Waals surface area contributed by atoms with Gasteiger partial charge >= 0.3 is 6.03 Å². The summed E-state index contributed by atoms with van der Waals surface area (Å²) in [5, 5.41) is 10.3.